The number of methoxy groups -OCH3 is 2. The average Bonchev–Trinajstić information content (AvgIpc) is 3.08. The van der Waals surface area contributed by atoms with Crippen LogP contribution in [-0.4, -0.2) is 88.4 Å². The summed E-state index contributed by atoms with van der Waals surface area (Å²) in [6, 6.07) is 10.4. The van der Waals surface area contributed by atoms with Gasteiger partial charge in [0.15, 0.2) is 17.0 Å². The van der Waals surface area contributed by atoms with Gasteiger partial charge in [0.05, 0.1) is 32.7 Å². The first-order chi connectivity index (χ1) is 23.4. The van der Waals surface area contributed by atoms with Crippen molar-refractivity contribution in [3.63, 3.8) is 0 Å². The van der Waals surface area contributed by atoms with Crippen molar-refractivity contribution in [1.29, 1.82) is 0 Å². The number of anilines is 3. The number of ether oxygens (including phenoxy) is 3. The molecule has 0 saturated heterocycles. The minimum Gasteiger partial charge on any atom is -0.469 e. The molecule has 0 aliphatic carbocycles. The highest BCUT2D eigenvalue weighted by Crippen LogP contribution is 2.21. The van der Waals surface area contributed by atoms with Crippen LogP contribution in [0.2, 0.25) is 0 Å². The lowest BCUT2D eigenvalue weighted by molar-refractivity contribution is -0.144. The summed E-state index contributed by atoms with van der Waals surface area (Å²) >= 11 is 0. The summed E-state index contributed by atoms with van der Waals surface area (Å²) in [6.45, 7) is 1.87. The van der Waals surface area contributed by atoms with E-state index in [-0.39, 0.29) is 54.5 Å². The zero-order valence-corrected chi connectivity index (χ0v) is 27.2. The van der Waals surface area contributed by atoms with E-state index in [9.17, 15) is 29.2 Å². The molecule has 4 rings (SSSR count). The van der Waals surface area contributed by atoms with Gasteiger partial charge in [-0.1, -0.05) is 23.8 Å². The lowest BCUT2D eigenvalue weighted by Crippen LogP contribution is -2.41. The lowest BCUT2D eigenvalue weighted by Gasteiger charge is -2.20. The number of esters is 2. The topological polar surface area (TPSA) is 241 Å². The fraction of sp³-hybridized carbons (Fsp3) is 0.290. The Bertz CT molecular complexity index is 1840. The van der Waals surface area contributed by atoms with Crippen molar-refractivity contribution >= 4 is 65.1 Å². The molecule has 2 aromatic heterocycles. The summed E-state index contributed by atoms with van der Waals surface area (Å²) in [7, 11) is 2.61. The molecule has 0 saturated carbocycles. The molecule has 2 amide bonds. The number of carbonyl (C=O) groups is 4. The number of amides is 2. The first-order valence-corrected chi connectivity index (χ1v) is 14.8. The molecule has 1 atom stereocenters. The molecule has 0 unspecified atom stereocenters. The number of fused-ring (bicyclic) bond motifs is 1. The van der Waals surface area contributed by atoms with Crippen LogP contribution in [0.5, 0.6) is 0 Å². The third-order valence-electron chi connectivity index (χ3n) is 7.30. The molecule has 2 heterocycles. The summed E-state index contributed by atoms with van der Waals surface area (Å²) in [4.78, 5) is 68.1. The number of hydrogen-bond donors (Lipinski definition) is 5. The zero-order chi connectivity index (χ0) is 35.7. The molecule has 0 aliphatic rings. The van der Waals surface area contributed by atoms with E-state index in [4.69, 9.17) is 15.2 Å². The van der Waals surface area contributed by atoms with Gasteiger partial charge in [-0.2, -0.15) is 9.97 Å². The van der Waals surface area contributed by atoms with E-state index in [1.807, 2.05) is 4.90 Å². The van der Waals surface area contributed by atoms with Crippen molar-refractivity contribution in [2.45, 2.75) is 39.0 Å². The van der Waals surface area contributed by atoms with Gasteiger partial charge < -0.3 is 40.2 Å². The molecule has 2 aromatic carbocycles. The van der Waals surface area contributed by atoms with Gasteiger partial charge in [-0.25, -0.2) is 19.6 Å². The van der Waals surface area contributed by atoms with Gasteiger partial charge in [-0.15, -0.1) is 0 Å². The average molecular weight is 674 g/mol. The Morgan fingerprint density at radius 2 is 1.76 bits per heavy atom. The Labute approximate surface area is 281 Å². The highest BCUT2D eigenvalue weighted by atomic mass is 16.5. The predicted octanol–water partition coefficient (Wildman–Crippen LogP) is 0.600. The molecule has 0 fully saturated rings. The van der Waals surface area contributed by atoms with Gasteiger partial charge in [0.1, 0.15) is 12.6 Å². The summed E-state index contributed by atoms with van der Waals surface area (Å²) in [5.41, 5.74) is 9.25. The highest BCUT2D eigenvalue weighted by molar-refractivity contribution is 6.59. The van der Waals surface area contributed by atoms with E-state index in [0.29, 0.717) is 22.3 Å². The van der Waals surface area contributed by atoms with Crippen molar-refractivity contribution in [2.75, 3.05) is 37.2 Å². The highest BCUT2D eigenvalue weighted by Gasteiger charge is 2.24. The van der Waals surface area contributed by atoms with E-state index in [2.05, 4.69) is 35.3 Å². The number of hydrogen-bond acceptors (Lipinski definition) is 15. The Hall–Kier alpha value is -5.88. The number of aryl methyl sites for hydroxylation is 1. The molecule has 4 aromatic rings. The largest absolute Gasteiger partial charge is 0.488 e. The Kier molecular flexibility index (Phi) is 12.0. The van der Waals surface area contributed by atoms with Crippen molar-refractivity contribution in [3.05, 3.63) is 71.0 Å². The fourth-order valence-corrected chi connectivity index (χ4v) is 4.72. The molecule has 49 heavy (non-hydrogen) atoms. The summed E-state index contributed by atoms with van der Waals surface area (Å²) in [5.74, 6) is -1.87. The second-order valence-electron chi connectivity index (χ2n) is 10.8. The van der Waals surface area contributed by atoms with E-state index >= 15 is 0 Å². The quantitative estimate of drug-likeness (QED) is 0.0741. The summed E-state index contributed by atoms with van der Waals surface area (Å²) in [5, 5.41) is 23.9. The van der Waals surface area contributed by atoms with E-state index in [1.165, 1.54) is 26.5 Å². The van der Waals surface area contributed by atoms with E-state index < -0.39 is 37.1 Å². The molecule has 256 valence electrons. The molecule has 17 nitrogen and oxygen atoms in total. The third kappa shape index (κ3) is 9.58. The molecule has 0 spiro atoms. The smallest absolute Gasteiger partial charge is 0.469 e. The van der Waals surface area contributed by atoms with Gasteiger partial charge in [-0.05, 0) is 48.6 Å². The number of carbonyl (C=O) groups excluding carboxylic acids is 4. The van der Waals surface area contributed by atoms with Gasteiger partial charge in [0, 0.05) is 24.7 Å². The van der Waals surface area contributed by atoms with E-state index in [0.717, 1.165) is 5.69 Å². The second kappa shape index (κ2) is 16.3. The normalized spacial score (nSPS) is 11.3. The van der Waals surface area contributed by atoms with Crippen molar-refractivity contribution < 1.29 is 43.4 Å². The van der Waals surface area contributed by atoms with Crippen LogP contribution in [0.15, 0.2) is 48.7 Å². The minimum absolute atomic E-state index is 0.00774. The van der Waals surface area contributed by atoms with Crippen molar-refractivity contribution in [1.82, 2.24) is 25.3 Å². The molecule has 18 heteroatoms. The minimum atomic E-state index is -1.61. The zero-order valence-electron chi connectivity index (χ0n) is 27.2. The lowest BCUT2D eigenvalue weighted by atomic mass is 9.77. The van der Waals surface area contributed by atoms with Gasteiger partial charge >= 0.3 is 25.2 Å². The number of benzene rings is 2. The van der Waals surface area contributed by atoms with Crippen LogP contribution in [-0.2, 0) is 37.0 Å². The van der Waals surface area contributed by atoms with Crippen molar-refractivity contribution in [3.8, 4) is 0 Å². The molecule has 0 radical (unpaired) electrons. The maximum absolute atomic E-state index is 12.8. The van der Waals surface area contributed by atoms with Gasteiger partial charge in [0.2, 0.25) is 5.95 Å². The molecule has 0 aliphatic heterocycles. The van der Waals surface area contributed by atoms with Crippen LogP contribution < -0.4 is 26.7 Å². The molecule has 6 N–H and O–H groups in total. The van der Waals surface area contributed by atoms with Crippen LogP contribution >= 0.6 is 0 Å². The SMILES string of the molecule is COC(=O)CC[C@H](NC(=O)c1ccc(N(C)Cc2cnc3nc(N)nc(NC(=O)OCc4ccc(B(O)O)c(C)c4)c3n2)cc1)C(=O)OC. The fourth-order valence-electron chi connectivity index (χ4n) is 4.72. The number of nitrogen functional groups attached to an aromatic ring is 1. The Balaban J connectivity index is 1.42. The third-order valence-corrected chi connectivity index (χ3v) is 7.30. The molecule has 0 bridgehead atoms. The number of rotatable bonds is 13. The van der Waals surface area contributed by atoms with Crippen LogP contribution in [0.25, 0.3) is 11.2 Å². The van der Waals surface area contributed by atoms with Crippen molar-refractivity contribution in [2.24, 2.45) is 0 Å². The van der Waals surface area contributed by atoms with Gasteiger partial charge in [-0.3, -0.25) is 14.9 Å². The summed E-state index contributed by atoms with van der Waals surface area (Å²) in [6.07, 6.45) is 0.610. The standard InChI is InChI=1S/C31H35BN8O9/c1-17-13-18(5-10-22(17)32(45)46)16-49-31(44)39-27-25-26(37-30(33)38-27)34-14-20(35-25)15-40(2)21-8-6-19(7-9-21)28(42)36-23(29(43)48-4)11-12-24(41)47-3/h5-10,13-14,23,45-46H,11-12,15-16H2,1-4H3,(H,36,42)(H3,33,34,37,38,39,44)/t23-/m0/s1. The number of nitrogens with one attached hydrogen (secondary N) is 2. The van der Waals surface area contributed by atoms with Gasteiger partial charge in [0.25, 0.3) is 5.91 Å². The number of nitrogens with zero attached hydrogens (tertiary/aromatic N) is 5. The molecular formula is C31H35BN8O9. The first kappa shape index (κ1) is 36.0. The van der Waals surface area contributed by atoms with Crippen LogP contribution in [0.1, 0.15) is 40.0 Å². The Morgan fingerprint density at radius 3 is 2.41 bits per heavy atom. The summed E-state index contributed by atoms with van der Waals surface area (Å²) < 4.78 is 14.7. The van der Waals surface area contributed by atoms with Crippen LogP contribution in [0, 0.1) is 6.92 Å². The van der Waals surface area contributed by atoms with E-state index in [1.54, 1.807) is 50.4 Å². The number of aromatic nitrogens is 4. The predicted molar refractivity (Wildman–Crippen MR) is 177 cm³/mol. The van der Waals surface area contributed by atoms with Crippen LogP contribution in [0.4, 0.5) is 22.2 Å². The maximum atomic E-state index is 12.8. The number of nitrogens with two attached hydrogens (primary N) is 1. The first-order valence-electron chi connectivity index (χ1n) is 14.8. The monoisotopic (exact) mass is 674 g/mol. The van der Waals surface area contributed by atoms with Crippen LogP contribution in [0.3, 0.4) is 0 Å². The second-order valence-corrected chi connectivity index (χ2v) is 10.8. The maximum Gasteiger partial charge on any atom is 0.488 e. The Morgan fingerprint density at radius 1 is 1.02 bits per heavy atom. The molecular weight excluding hydrogens is 639 g/mol.